The van der Waals surface area contributed by atoms with Crippen LogP contribution in [-0.2, 0) is 35.8 Å². The molecule has 0 rings (SSSR count). The van der Waals surface area contributed by atoms with Gasteiger partial charge in [-0.05, 0) is 26.7 Å². The molecule has 0 unspecified atom stereocenters. The third kappa shape index (κ3) is 67.0. The minimum absolute atomic E-state index is 0. The largest absolute Gasteiger partial charge is 0.478 e. The number of carboxylic acid groups (broad SMARTS) is 2. The third-order valence-electron chi connectivity index (χ3n) is 1.18. The van der Waals surface area contributed by atoms with Gasteiger partial charge in [-0.15, -0.1) is 0 Å². The summed E-state index contributed by atoms with van der Waals surface area (Å²) in [5, 5.41) is 31.5. The van der Waals surface area contributed by atoms with Crippen LogP contribution in [0.2, 0.25) is 0 Å². The summed E-state index contributed by atoms with van der Waals surface area (Å²) in [6.45, 7) is 13.7. The third-order valence-corrected chi connectivity index (χ3v) is 1.18. The molecule has 0 aromatic carbocycles. The van der Waals surface area contributed by atoms with E-state index in [0.717, 1.165) is 12.8 Å². The number of aliphatic hydroxyl groups is 2. The predicted molar refractivity (Wildman–Crippen MR) is 79.7 cm³/mol. The molecule has 0 heterocycles. The van der Waals surface area contributed by atoms with Crippen LogP contribution in [0.3, 0.4) is 0 Å². The predicted octanol–water partition coefficient (Wildman–Crippen LogP) is 2.07. The zero-order chi connectivity index (χ0) is 17.1. The Bertz CT molecular complexity index is 221. The Kier molecular flexibility index (Phi) is 42.3. The van der Waals surface area contributed by atoms with Gasteiger partial charge in [0.05, 0.1) is 0 Å². The minimum Gasteiger partial charge on any atom is -0.478 e. The first-order chi connectivity index (χ1) is 9.11. The van der Waals surface area contributed by atoms with Crippen molar-refractivity contribution in [3.05, 3.63) is 24.3 Å². The molecule has 0 fully saturated rings. The van der Waals surface area contributed by atoms with Crippen molar-refractivity contribution in [2.45, 2.75) is 40.5 Å². The first-order valence-corrected chi connectivity index (χ1v) is 6.11. The monoisotopic (exact) mass is 382 g/mol. The van der Waals surface area contributed by atoms with Crippen LogP contribution in [0.15, 0.2) is 24.3 Å². The van der Waals surface area contributed by atoms with Crippen LogP contribution in [0.25, 0.3) is 0 Å². The molecule has 0 aromatic rings. The smallest absolute Gasteiger partial charge is 0.330 e. The van der Waals surface area contributed by atoms with E-state index in [0.29, 0.717) is 13.2 Å². The number of aliphatic hydroxyl groups excluding tert-OH is 2. The van der Waals surface area contributed by atoms with Gasteiger partial charge in [0.2, 0.25) is 0 Å². The van der Waals surface area contributed by atoms with Crippen LogP contribution in [0.4, 0.5) is 0 Å². The van der Waals surface area contributed by atoms with Crippen molar-refractivity contribution in [3.8, 4) is 0 Å². The standard InChI is InChI=1S/2C4H6O2.2C3H8O.Zr/c2*1-3(2)4(5)6;2*1-2-3-4;/h2*1H2,2H3,(H,5,6);2*4H,2-3H2,1H3;. The summed E-state index contributed by atoms with van der Waals surface area (Å²) in [7, 11) is 0. The van der Waals surface area contributed by atoms with Gasteiger partial charge in [0.1, 0.15) is 0 Å². The summed E-state index contributed by atoms with van der Waals surface area (Å²) in [5.74, 6) is -1.87. The summed E-state index contributed by atoms with van der Waals surface area (Å²) in [4.78, 5) is 19.2. The van der Waals surface area contributed by atoms with E-state index >= 15 is 0 Å². The zero-order valence-electron chi connectivity index (χ0n) is 13.3. The average molecular weight is 384 g/mol. The van der Waals surface area contributed by atoms with Crippen molar-refractivity contribution in [3.63, 3.8) is 0 Å². The Morgan fingerprint density at radius 3 is 0.905 bits per heavy atom. The van der Waals surface area contributed by atoms with E-state index in [-0.39, 0.29) is 37.3 Å². The molecular weight excluding hydrogens is 355 g/mol. The van der Waals surface area contributed by atoms with Crippen molar-refractivity contribution in [2.75, 3.05) is 13.2 Å². The van der Waals surface area contributed by atoms with Gasteiger partial charge in [0.25, 0.3) is 0 Å². The van der Waals surface area contributed by atoms with E-state index < -0.39 is 11.9 Å². The van der Waals surface area contributed by atoms with E-state index in [1.807, 2.05) is 13.8 Å². The second-order valence-electron chi connectivity index (χ2n) is 3.62. The molecule has 0 atom stereocenters. The zero-order valence-corrected chi connectivity index (χ0v) is 15.8. The quantitative estimate of drug-likeness (QED) is 0.553. The van der Waals surface area contributed by atoms with Crippen molar-refractivity contribution in [1.82, 2.24) is 0 Å². The fourth-order valence-corrected chi connectivity index (χ4v) is 0. The number of hydrogen-bond acceptors (Lipinski definition) is 4. The van der Waals surface area contributed by atoms with E-state index in [1.165, 1.54) is 13.8 Å². The number of carbonyl (C=O) groups is 2. The molecule has 0 saturated carbocycles. The molecular formula is C14H28O6Zr. The molecule has 0 radical (unpaired) electrons. The second kappa shape index (κ2) is 27.5. The molecule has 124 valence electrons. The summed E-state index contributed by atoms with van der Waals surface area (Å²) >= 11 is 0. The fraction of sp³-hybridized carbons (Fsp3) is 0.571. The number of aliphatic carboxylic acids is 2. The Morgan fingerprint density at radius 1 is 0.810 bits per heavy atom. The van der Waals surface area contributed by atoms with Crippen LogP contribution in [0.5, 0.6) is 0 Å². The van der Waals surface area contributed by atoms with Crippen molar-refractivity contribution >= 4 is 11.9 Å². The van der Waals surface area contributed by atoms with Crippen molar-refractivity contribution < 1.29 is 56.2 Å². The molecule has 0 bridgehead atoms. The van der Waals surface area contributed by atoms with E-state index in [1.54, 1.807) is 0 Å². The van der Waals surface area contributed by atoms with Crippen molar-refractivity contribution in [1.29, 1.82) is 0 Å². The molecule has 0 saturated heterocycles. The van der Waals surface area contributed by atoms with Crippen molar-refractivity contribution in [2.24, 2.45) is 0 Å². The van der Waals surface area contributed by atoms with E-state index in [9.17, 15) is 9.59 Å². The van der Waals surface area contributed by atoms with Gasteiger partial charge in [0, 0.05) is 50.6 Å². The molecule has 6 nitrogen and oxygen atoms in total. The minimum atomic E-state index is -0.935. The maximum absolute atomic E-state index is 9.60. The molecule has 7 heteroatoms. The first kappa shape index (κ1) is 32.2. The van der Waals surface area contributed by atoms with Gasteiger partial charge in [0.15, 0.2) is 0 Å². The first-order valence-electron chi connectivity index (χ1n) is 6.11. The van der Waals surface area contributed by atoms with Crippen LogP contribution >= 0.6 is 0 Å². The Morgan fingerprint density at radius 2 is 0.905 bits per heavy atom. The molecule has 0 aliphatic heterocycles. The number of hydrogen-bond donors (Lipinski definition) is 4. The van der Waals surface area contributed by atoms with Crippen LogP contribution in [-0.4, -0.2) is 45.6 Å². The van der Waals surface area contributed by atoms with Gasteiger partial charge in [-0.2, -0.15) is 0 Å². The summed E-state index contributed by atoms with van der Waals surface area (Å²) in [5.41, 5.74) is 0.352. The number of rotatable bonds is 4. The second-order valence-corrected chi connectivity index (χ2v) is 3.62. The van der Waals surface area contributed by atoms with Gasteiger partial charge in [-0.25, -0.2) is 9.59 Å². The van der Waals surface area contributed by atoms with Crippen LogP contribution < -0.4 is 0 Å². The molecule has 21 heavy (non-hydrogen) atoms. The summed E-state index contributed by atoms with van der Waals surface area (Å²) < 4.78 is 0. The Balaban J connectivity index is -0.0000000544. The van der Waals surface area contributed by atoms with Gasteiger partial charge in [-0.1, -0.05) is 27.0 Å². The number of carboxylic acids is 2. The normalized spacial score (nSPS) is 7.14. The van der Waals surface area contributed by atoms with Gasteiger partial charge in [-0.3, -0.25) is 0 Å². The summed E-state index contributed by atoms with van der Waals surface area (Å²) in [6, 6.07) is 0. The van der Waals surface area contributed by atoms with Gasteiger partial charge < -0.3 is 20.4 Å². The Hall–Kier alpha value is -0.777. The topological polar surface area (TPSA) is 115 Å². The maximum Gasteiger partial charge on any atom is 0.330 e. The summed E-state index contributed by atoms with van der Waals surface area (Å²) in [6.07, 6.45) is 1.75. The van der Waals surface area contributed by atoms with E-state index in [2.05, 4.69) is 13.2 Å². The van der Waals surface area contributed by atoms with Crippen LogP contribution in [0.1, 0.15) is 40.5 Å². The molecule has 0 spiro atoms. The maximum atomic E-state index is 9.60. The molecule has 0 aliphatic carbocycles. The molecule has 4 N–H and O–H groups in total. The molecule has 0 aromatic heterocycles. The Labute approximate surface area is 146 Å². The SMILES string of the molecule is C=C(C)C(=O)O.C=C(C)C(=O)O.CCCO.CCCO.[Zr]. The van der Waals surface area contributed by atoms with Crippen LogP contribution in [0, 0.1) is 0 Å². The van der Waals surface area contributed by atoms with Gasteiger partial charge >= 0.3 is 11.9 Å². The average Bonchev–Trinajstić information content (AvgIpc) is 2.39. The van der Waals surface area contributed by atoms with E-state index in [4.69, 9.17) is 20.4 Å². The fourth-order valence-electron chi connectivity index (χ4n) is 0. The molecule has 0 amide bonds. The molecule has 0 aliphatic rings.